The summed E-state index contributed by atoms with van der Waals surface area (Å²) in [7, 11) is 0. The molecule has 1 aromatic rings. The Morgan fingerprint density at radius 1 is 1.32 bits per heavy atom. The van der Waals surface area contributed by atoms with Crippen LogP contribution in [0.2, 0.25) is 0 Å². The van der Waals surface area contributed by atoms with Gasteiger partial charge in [-0.15, -0.1) is 0 Å². The number of carbonyl (C=O) groups is 2. The van der Waals surface area contributed by atoms with E-state index in [2.05, 4.69) is 15.6 Å². The number of pyridine rings is 1. The highest BCUT2D eigenvalue weighted by molar-refractivity contribution is 5.98. The standard InChI is InChI=1S/C14H23N5O3/c1-14(2,3)22-13(21)18-6-4-5-17-12-10(11(16)20)7-9(15)8-19-12/h7-8H,4-6,15H2,1-3H3,(H2,16,20)(H,17,19)(H,18,21). The van der Waals surface area contributed by atoms with Gasteiger partial charge in [-0.2, -0.15) is 0 Å². The summed E-state index contributed by atoms with van der Waals surface area (Å²) in [5.41, 5.74) is 10.9. The fraction of sp³-hybridized carbons (Fsp3) is 0.500. The average molecular weight is 309 g/mol. The van der Waals surface area contributed by atoms with Crippen LogP contribution in [0.4, 0.5) is 16.3 Å². The summed E-state index contributed by atoms with van der Waals surface area (Å²) >= 11 is 0. The van der Waals surface area contributed by atoms with E-state index in [1.807, 2.05) is 0 Å². The van der Waals surface area contributed by atoms with E-state index < -0.39 is 17.6 Å². The molecule has 0 spiro atoms. The molecule has 8 heteroatoms. The predicted molar refractivity (Wildman–Crippen MR) is 84.5 cm³/mol. The molecule has 0 atom stereocenters. The van der Waals surface area contributed by atoms with Crippen LogP contribution < -0.4 is 22.1 Å². The number of primary amides is 1. The molecule has 0 aliphatic rings. The first-order valence-corrected chi connectivity index (χ1v) is 6.95. The van der Waals surface area contributed by atoms with Crippen molar-refractivity contribution in [2.24, 2.45) is 5.73 Å². The van der Waals surface area contributed by atoms with Gasteiger partial charge < -0.3 is 26.8 Å². The molecule has 0 aliphatic carbocycles. The van der Waals surface area contributed by atoms with Gasteiger partial charge in [-0.1, -0.05) is 0 Å². The van der Waals surface area contributed by atoms with Crippen LogP contribution in [0.25, 0.3) is 0 Å². The van der Waals surface area contributed by atoms with Crippen LogP contribution in [0.1, 0.15) is 37.6 Å². The number of aromatic nitrogens is 1. The predicted octanol–water partition coefficient (Wildman–Crippen LogP) is 1.09. The third-order valence-electron chi connectivity index (χ3n) is 2.49. The van der Waals surface area contributed by atoms with E-state index in [-0.39, 0.29) is 5.56 Å². The molecular weight excluding hydrogens is 286 g/mol. The van der Waals surface area contributed by atoms with Gasteiger partial charge in [0.05, 0.1) is 17.4 Å². The Kier molecular flexibility index (Phi) is 5.97. The smallest absolute Gasteiger partial charge is 0.407 e. The monoisotopic (exact) mass is 309 g/mol. The summed E-state index contributed by atoms with van der Waals surface area (Å²) in [6.07, 6.45) is 1.60. The van der Waals surface area contributed by atoms with E-state index >= 15 is 0 Å². The molecule has 0 aliphatic heterocycles. The van der Waals surface area contributed by atoms with Crippen LogP contribution in [0.3, 0.4) is 0 Å². The van der Waals surface area contributed by atoms with E-state index in [1.54, 1.807) is 20.8 Å². The van der Waals surface area contributed by atoms with Gasteiger partial charge in [-0.3, -0.25) is 4.79 Å². The minimum atomic E-state index is -0.603. The number of amides is 2. The first-order chi connectivity index (χ1) is 10.2. The molecule has 0 saturated carbocycles. The van der Waals surface area contributed by atoms with Crippen molar-refractivity contribution in [1.29, 1.82) is 0 Å². The first-order valence-electron chi connectivity index (χ1n) is 6.95. The van der Waals surface area contributed by atoms with Gasteiger partial charge in [0.15, 0.2) is 0 Å². The van der Waals surface area contributed by atoms with Gasteiger partial charge in [0.1, 0.15) is 11.4 Å². The number of ether oxygens (including phenoxy) is 1. The second kappa shape index (κ2) is 7.48. The molecule has 2 amide bonds. The Balaban J connectivity index is 2.37. The zero-order valence-corrected chi connectivity index (χ0v) is 13.1. The summed E-state index contributed by atoms with van der Waals surface area (Å²) in [5.74, 6) is -0.229. The van der Waals surface area contributed by atoms with Crippen molar-refractivity contribution >= 4 is 23.5 Å². The Morgan fingerprint density at radius 3 is 2.59 bits per heavy atom. The number of rotatable bonds is 6. The van der Waals surface area contributed by atoms with Crippen molar-refractivity contribution in [3.63, 3.8) is 0 Å². The number of alkyl carbamates (subject to hydrolysis) is 1. The maximum atomic E-state index is 11.4. The summed E-state index contributed by atoms with van der Waals surface area (Å²) in [5, 5.41) is 5.62. The largest absolute Gasteiger partial charge is 0.444 e. The highest BCUT2D eigenvalue weighted by Gasteiger charge is 2.15. The first kappa shape index (κ1) is 17.5. The van der Waals surface area contributed by atoms with Gasteiger partial charge in [0.2, 0.25) is 0 Å². The number of nitrogens with zero attached hydrogens (tertiary/aromatic N) is 1. The molecule has 122 valence electrons. The molecular formula is C14H23N5O3. The number of hydrogen-bond acceptors (Lipinski definition) is 6. The Labute approximate surface area is 129 Å². The number of hydrogen-bond donors (Lipinski definition) is 4. The lowest BCUT2D eigenvalue weighted by molar-refractivity contribution is 0.0527. The highest BCUT2D eigenvalue weighted by Crippen LogP contribution is 2.14. The molecule has 1 aromatic heterocycles. The van der Waals surface area contributed by atoms with Gasteiger partial charge in [-0.05, 0) is 33.3 Å². The molecule has 0 aromatic carbocycles. The average Bonchev–Trinajstić information content (AvgIpc) is 2.37. The molecule has 8 nitrogen and oxygen atoms in total. The molecule has 0 unspecified atom stereocenters. The lowest BCUT2D eigenvalue weighted by Crippen LogP contribution is -2.33. The van der Waals surface area contributed by atoms with Gasteiger partial charge in [0, 0.05) is 13.1 Å². The minimum absolute atomic E-state index is 0.236. The second-order valence-electron chi connectivity index (χ2n) is 5.74. The Hall–Kier alpha value is -2.51. The third-order valence-corrected chi connectivity index (χ3v) is 2.49. The molecule has 0 radical (unpaired) electrons. The van der Waals surface area contributed by atoms with Crippen LogP contribution >= 0.6 is 0 Å². The maximum Gasteiger partial charge on any atom is 0.407 e. The van der Waals surface area contributed by atoms with Crippen LogP contribution in [-0.4, -0.2) is 35.7 Å². The van der Waals surface area contributed by atoms with Gasteiger partial charge >= 0.3 is 6.09 Å². The number of nitrogens with one attached hydrogen (secondary N) is 2. The van der Waals surface area contributed by atoms with Crippen molar-refractivity contribution in [3.8, 4) is 0 Å². The van der Waals surface area contributed by atoms with E-state index in [0.29, 0.717) is 31.0 Å². The van der Waals surface area contributed by atoms with E-state index in [9.17, 15) is 9.59 Å². The zero-order chi connectivity index (χ0) is 16.8. The normalized spacial score (nSPS) is 10.9. The molecule has 1 heterocycles. The molecule has 6 N–H and O–H groups in total. The number of nitrogen functional groups attached to an aromatic ring is 1. The van der Waals surface area contributed by atoms with Gasteiger partial charge in [-0.25, -0.2) is 9.78 Å². The molecule has 0 fully saturated rings. The third kappa shape index (κ3) is 6.29. The van der Waals surface area contributed by atoms with E-state index in [0.717, 1.165) is 0 Å². The van der Waals surface area contributed by atoms with Gasteiger partial charge in [0.25, 0.3) is 5.91 Å². The highest BCUT2D eigenvalue weighted by atomic mass is 16.6. The van der Waals surface area contributed by atoms with Crippen LogP contribution in [0.5, 0.6) is 0 Å². The zero-order valence-electron chi connectivity index (χ0n) is 13.1. The summed E-state index contributed by atoms with van der Waals surface area (Å²) in [4.78, 5) is 26.8. The van der Waals surface area contributed by atoms with Crippen LogP contribution in [0, 0.1) is 0 Å². The van der Waals surface area contributed by atoms with Crippen molar-refractivity contribution in [3.05, 3.63) is 17.8 Å². The SMILES string of the molecule is CC(C)(C)OC(=O)NCCCNc1ncc(N)cc1C(N)=O. The quantitative estimate of drug-likeness (QED) is 0.581. The number of carbonyl (C=O) groups excluding carboxylic acids is 2. The molecule has 0 saturated heterocycles. The van der Waals surface area contributed by atoms with Crippen molar-refractivity contribution in [1.82, 2.24) is 10.3 Å². The molecule has 22 heavy (non-hydrogen) atoms. The van der Waals surface area contributed by atoms with E-state index in [4.69, 9.17) is 16.2 Å². The van der Waals surface area contributed by atoms with E-state index in [1.165, 1.54) is 12.3 Å². The second-order valence-corrected chi connectivity index (χ2v) is 5.74. The summed E-state index contributed by atoms with van der Waals surface area (Å²) < 4.78 is 5.11. The summed E-state index contributed by atoms with van der Waals surface area (Å²) in [6, 6.07) is 1.47. The van der Waals surface area contributed by atoms with Crippen molar-refractivity contribution in [2.45, 2.75) is 32.8 Å². The van der Waals surface area contributed by atoms with Crippen molar-refractivity contribution < 1.29 is 14.3 Å². The van der Waals surface area contributed by atoms with Crippen LogP contribution in [-0.2, 0) is 4.74 Å². The van der Waals surface area contributed by atoms with Crippen LogP contribution in [0.15, 0.2) is 12.3 Å². The lowest BCUT2D eigenvalue weighted by Gasteiger charge is -2.19. The minimum Gasteiger partial charge on any atom is -0.444 e. The topological polar surface area (TPSA) is 132 Å². The maximum absolute atomic E-state index is 11.4. The Bertz CT molecular complexity index is 540. The van der Waals surface area contributed by atoms with Crippen molar-refractivity contribution in [2.75, 3.05) is 24.1 Å². The fourth-order valence-corrected chi connectivity index (χ4v) is 1.61. The molecule has 1 rings (SSSR count). The summed E-state index contributed by atoms with van der Waals surface area (Å²) in [6.45, 7) is 6.33. The lowest BCUT2D eigenvalue weighted by atomic mass is 10.2. The Morgan fingerprint density at radius 2 is 2.00 bits per heavy atom. The fourth-order valence-electron chi connectivity index (χ4n) is 1.61. The number of nitrogens with two attached hydrogens (primary N) is 2. The molecule has 0 bridgehead atoms. The number of anilines is 2.